The van der Waals surface area contributed by atoms with Crippen LogP contribution in [0.3, 0.4) is 0 Å². The van der Waals surface area contributed by atoms with Crippen molar-refractivity contribution >= 4 is 16.0 Å². The van der Waals surface area contributed by atoms with Crippen LogP contribution in [-0.2, 0) is 14.8 Å². The van der Waals surface area contributed by atoms with E-state index in [0.717, 1.165) is 25.3 Å². The highest BCUT2D eigenvalue weighted by Crippen LogP contribution is 2.18. The van der Waals surface area contributed by atoms with Gasteiger partial charge in [0.1, 0.15) is 5.82 Å². The van der Waals surface area contributed by atoms with Crippen molar-refractivity contribution in [3.8, 4) is 12.3 Å². The molecule has 1 aromatic carbocycles. The Bertz CT molecular complexity index is 604. The first-order valence-electron chi connectivity index (χ1n) is 4.73. The van der Waals surface area contributed by atoms with E-state index in [1.54, 1.807) is 0 Å². The molecule has 0 unspecified atom stereocenters. The minimum Gasteiger partial charge on any atom is -0.465 e. The van der Waals surface area contributed by atoms with Crippen LogP contribution in [0.2, 0.25) is 0 Å². The number of methoxy groups -OCH3 is 1. The summed E-state index contributed by atoms with van der Waals surface area (Å²) in [6.07, 6.45) is 4.93. The van der Waals surface area contributed by atoms with Crippen molar-refractivity contribution in [1.82, 2.24) is 4.72 Å². The zero-order chi connectivity index (χ0) is 13.8. The molecule has 0 amide bonds. The molecule has 0 aliphatic carbocycles. The van der Waals surface area contributed by atoms with Gasteiger partial charge in [-0.1, -0.05) is 5.92 Å². The average Bonchev–Trinajstić information content (AvgIpc) is 2.35. The number of nitrogens with one attached hydrogen (secondary N) is 1. The van der Waals surface area contributed by atoms with Gasteiger partial charge in [-0.3, -0.25) is 0 Å². The van der Waals surface area contributed by atoms with Gasteiger partial charge in [-0.05, 0) is 18.2 Å². The van der Waals surface area contributed by atoms with Gasteiger partial charge in [0.05, 0.1) is 24.1 Å². The summed E-state index contributed by atoms with van der Waals surface area (Å²) in [6.45, 7) is -0.264. The van der Waals surface area contributed by atoms with Crippen LogP contribution in [0.25, 0.3) is 0 Å². The number of carbonyl (C=O) groups is 1. The van der Waals surface area contributed by atoms with Gasteiger partial charge in [0.15, 0.2) is 0 Å². The highest BCUT2D eigenvalue weighted by atomic mass is 32.2. The molecule has 0 saturated heterocycles. The summed E-state index contributed by atoms with van der Waals surface area (Å²) < 4.78 is 43.1. The van der Waals surface area contributed by atoms with Crippen molar-refractivity contribution < 1.29 is 22.3 Å². The molecule has 0 heterocycles. The number of benzene rings is 1. The van der Waals surface area contributed by atoms with Gasteiger partial charge in [0.25, 0.3) is 0 Å². The standard InChI is InChI=1S/C11H10FNO4S/c1-3-6-13-18(15,16)10-7-8(12)4-5-9(10)11(14)17-2/h1,4-5,7,13H,6H2,2H3. The maximum absolute atomic E-state index is 13.1. The normalized spacial score (nSPS) is 10.7. The monoisotopic (exact) mass is 271 g/mol. The summed E-state index contributed by atoms with van der Waals surface area (Å²) in [4.78, 5) is 10.9. The van der Waals surface area contributed by atoms with Crippen LogP contribution in [-0.4, -0.2) is 28.0 Å². The molecule has 0 fully saturated rings. The number of sulfonamides is 1. The van der Waals surface area contributed by atoms with Gasteiger partial charge in [-0.2, -0.15) is 4.72 Å². The maximum Gasteiger partial charge on any atom is 0.339 e. The van der Waals surface area contributed by atoms with E-state index in [9.17, 15) is 17.6 Å². The molecule has 0 spiro atoms. The molecule has 0 radical (unpaired) electrons. The average molecular weight is 271 g/mol. The Kier molecular flexibility index (Phi) is 4.42. The molecule has 1 N–H and O–H groups in total. The Morgan fingerprint density at radius 1 is 1.56 bits per heavy atom. The number of rotatable bonds is 4. The van der Waals surface area contributed by atoms with Gasteiger partial charge in [-0.25, -0.2) is 17.6 Å². The first-order valence-corrected chi connectivity index (χ1v) is 6.21. The van der Waals surface area contributed by atoms with Crippen molar-refractivity contribution in [3.05, 3.63) is 29.6 Å². The van der Waals surface area contributed by atoms with E-state index in [0.29, 0.717) is 0 Å². The lowest BCUT2D eigenvalue weighted by molar-refractivity contribution is 0.0596. The Morgan fingerprint density at radius 2 is 2.22 bits per heavy atom. The van der Waals surface area contributed by atoms with E-state index in [4.69, 9.17) is 6.42 Å². The molecule has 0 aliphatic rings. The molecule has 1 rings (SSSR count). The van der Waals surface area contributed by atoms with Crippen molar-refractivity contribution in [1.29, 1.82) is 0 Å². The van der Waals surface area contributed by atoms with Crippen LogP contribution >= 0.6 is 0 Å². The molecule has 96 valence electrons. The second-order valence-electron chi connectivity index (χ2n) is 3.16. The Labute approximate surface area is 104 Å². The third kappa shape index (κ3) is 3.06. The molecule has 0 atom stereocenters. The van der Waals surface area contributed by atoms with Crippen LogP contribution in [0.15, 0.2) is 23.1 Å². The van der Waals surface area contributed by atoms with Gasteiger partial charge in [0.2, 0.25) is 10.0 Å². The summed E-state index contributed by atoms with van der Waals surface area (Å²) in [6, 6.07) is 2.73. The molecule has 7 heteroatoms. The summed E-state index contributed by atoms with van der Waals surface area (Å²) in [5, 5.41) is 0. The smallest absolute Gasteiger partial charge is 0.339 e. The van der Waals surface area contributed by atoms with E-state index in [1.807, 2.05) is 4.72 Å². The zero-order valence-corrected chi connectivity index (χ0v) is 10.3. The number of hydrogen-bond donors (Lipinski definition) is 1. The molecule has 5 nitrogen and oxygen atoms in total. The maximum atomic E-state index is 13.1. The Morgan fingerprint density at radius 3 is 2.78 bits per heavy atom. The van der Waals surface area contributed by atoms with E-state index in [1.165, 1.54) is 0 Å². The van der Waals surface area contributed by atoms with E-state index in [-0.39, 0.29) is 12.1 Å². The third-order valence-corrected chi connectivity index (χ3v) is 3.44. The molecule has 0 aliphatic heterocycles. The first-order chi connectivity index (χ1) is 8.42. The molecule has 1 aromatic rings. The molecule has 0 bridgehead atoms. The predicted octanol–water partition coefficient (Wildman–Crippen LogP) is 0.524. The van der Waals surface area contributed by atoms with E-state index in [2.05, 4.69) is 10.7 Å². The quantitative estimate of drug-likeness (QED) is 0.640. The fourth-order valence-electron chi connectivity index (χ4n) is 1.21. The van der Waals surface area contributed by atoms with Crippen LogP contribution in [0.5, 0.6) is 0 Å². The highest BCUT2D eigenvalue weighted by molar-refractivity contribution is 7.89. The number of halogens is 1. The summed E-state index contributed by atoms with van der Waals surface area (Å²) >= 11 is 0. The van der Waals surface area contributed by atoms with Crippen molar-refractivity contribution in [2.24, 2.45) is 0 Å². The van der Waals surface area contributed by atoms with E-state index >= 15 is 0 Å². The first kappa shape index (κ1) is 14.2. The predicted molar refractivity (Wildman–Crippen MR) is 61.8 cm³/mol. The Hall–Kier alpha value is -1.91. The molecular formula is C11H10FNO4S. The number of esters is 1. The Balaban J connectivity index is 3.34. The summed E-state index contributed by atoms with van der Waals surface area (Å²) in [5.41, 5.74) is -0.261. The minimum atomic E-state index is -4.06. The highest BCUT2D eigenvalue weighted by Gasteiger charge is 2.23. The SMILES string of the molecule is C#CCNS(=O)(=O)c1cc(F)ccc1C(=O)OC. The lowest BCUT2D eigenvalue weighted by Crippen LogP contribution is -2.26. The van der Waals surface area contributed by atoms with Gasteiger partial charge in [-0.15, -0.1) is 6.42 Å². The minimum absolute atomic E-state index is 0.261. The number of terminal acetylenes is 1. The van der Waals surface area contributed by atoms with Crippen LogP contribution in [0, 0.1) is 18.2 Å². The number of ether oxygens (including phenoxy) is 1. The molecule has 0 saturated carbocycles. The number of hydrogen-bond acceptors (Lipinski definition) is 4. The second kappa shape index (κ2) is 5.62. The van der Waals surface area contributed by atoms with Crippen molar-refractivity contribution in [2.75, 3.05) is 13.7 Å². The topological polar surface area (TPSA) is 72.5 Å². The molecule has 18 heavy (non-hydrogen) atoms. The number of carbonyl (C=O) groups excluding carboxylic acids is 1. The lowest BCUT2D eigenvalue weighted by Gasteiger charge is -2.09. The van der Waals surface area contributed by atoms with Crippen LogP contribution in [0.4, 0.5) is 4.39 Å². The fourth-order valence-corrected chi connectivity index (χ4v) is 2.35. The lowest BCUT2D eigenvalue weighted by atomic mass is 10.2. The van der Waals surface area contributed by atoms with Gasteiger partial charge < -0.3 is 4.74 Å². The van der Waals surface area contributed by atoms with E-state index < -0.39 is 26.7 Å². The third-order valence-electron chi connectivity index (χ3n) is 2.00. The molecular weight excluding hydrogens is 261 g/mol. The van der Waals surface area contributed by atoms with Crippen molar-refractivity contribution in [2.45, 2.75) is 4.90 Å². The van der Waals surface area contributed by atoms with Crippen LogP contribution < -0.4 is 4.72 Å². The summed E-state index contributed by atoms with van der Waals surface area (Å²) in [5.74, 6) is 0.404. The van der Waals surface area contributed by atoms with Crippen molar-refractivity contribution in [3.63, 3.8) is 0 Å². The zero-order valence-electron chi connectivity index (χ0n) is 9.44. The largest absolute Gasteiger partial charge is 0.465 e. The fraction of sp³-hybridized carbons (Fsp3) is 0.182. The van der Waals surface area contributed by atoms with Gasteiger partial charge >= 0.3 is 5.97 Å². The summed E-state index contributed by atoms with van der Waals surface area (Å²) in [7, 11) is -2.97. The van der Waals surface area contributed by atoms with Crippen LogP contribution in [0.1, 0.15) is 10.4 Å². The second-order valence-corrected chi connectivity index (χ2v) is 4.90. The molecule has 0 aromatic heterocycles. The van der Waals surface area contributed by atoms with Gasteiger partial charge in [0, 0.05) is 0 Å².